The zero-order valence-corrected chi connectivity index (χ0v) is 11.9. The lowest BCUT2D eigenvalue weighted by Gasteiger charge is -2.09. The van der Waals surface area contributed by atoms with E-state index in [1.807, 2.05) is 6.92 Å². The lowest BCUT2D eigenvalue weighted by Crippen LogP contribution is -2.17. The Morgan fingerprint density at radius 2 is 2.26 bits per heavy atom. The molecule has 0 unspecified atom stereocenters. The summed E-state index contributed by atoms with van der Waals surface area (Å²) in [5, 5.41) is 0.192. The van der Waals surface area contributed by atoms with Crippen LogP contribution in [0.1, 0.15) is 23.2 Å². The lowest BCUT2D eigenvalue weighted by molar-refractivity contribution is 0.0118. The maximum Gasteiger partial charge on any atom is 0.287 e. The van der Waals surface area contributed by atoms with Crippen LogP contribution in [0, 0.1) is 6.92 Å². The van der Waals surface area contributed by atoms with Gasteiger partial charge in [-0.2, -0.15) is 8.78 Å². The SMILES string of the molecule is Cc1ncsc1CSc1nc(C(C)(F)F)cc(=O)[nH]1. The number of thiazole rings is 1. The Bertz CT molecular complexity index is 633. The van der Waals surface area contributed by atoms with Gasteiger partial charge in [0.15, 0.2) is 5.16 Å². The van der Waals surface area contributed by atoms with Crippen LogP contribution in [-0.4, -0.2) is 15.0 Å². The molecule has 0 saturated heterocycles. The number of aromatic amines is 1. The van der Waals surface area contributed by atoms with E-state index in [4.69, 9.17) is 0 Å². The molecule has 2 rings (SSSR count). The van der Waals surface area contributed by atoms with Crippen LogP contribution in [-0.2, 0) is 11.7 Å². The molecule has 1 N–H and O–H groups in total. The molecule has 2 heterocycles. The third-order valence-electron chi connectivity index (χ3n) is 2.35. The van der Waals surface area contributed by atoms with Gasteiger partial charge in [-0.05, 0) is 6.92 Å². The molecule has 19 heavy (non-hydrogen) atoms. The molecule has 0 aliphatic carbocycles. The van der Waals surface area contributed by atoms with Crippen molar-refractivity contribution in [3.63, 3.8) is 0 Å². The molecule has 0 atom stereocenters. The summed E-state index contributed by atoms with van der Waals surface area (Å²) in [5.74, 6) is -2.58. The molecule has 0 spiro atoms. The van der Waals surface area contributed by atoms with Crippen molar-refractivity contribution >= 4 is 23.1 Å². The predicted molar refractivity (Wildman–Crippen MR) is 70.8 cm³/mol. The summed E-state index contributed by atoms with van der Waals surface area (Å²) in [4.78, 5) is 22.7. The van der Waals surface area contributed by atoms with Gasteiger partial charge in [-0.25, -0.2) is 9.97 Å². The molecule has 0 amide bonds. The van der Waals surface area contributed by atoms with Gasteiger partial charge in [0.2, 0.25) is 0 Å². The van der Waals surface area contributed by atoms with Gasteiger partial charge in [-0.3, -0.25) is 4.79 Å². The van der Waals surface area contributed by atoms with E-state index in [1.165, 1.54) is 23.1 Å². The van der Waals surface area contributed by atoms with E-state index in [0.29, 0.717) is 5.75 Å². The maximum atomic E-state index is 13.2. The zero-order chi connectivity index (χ0) is 14.0. The van der Waals surface area contributed by atoms with Gasteiger partial charge < -0.3 is 4.98 Å². The molecule has 0 saturated carbocycles. The monoisotopic (exact) mass is 303 g/mol. The quantitative estimate of drug-likeness (QED) is 0.697. The van der Waals surface area contributed by atoms with Crippen molar-refractivity contribution in [1.82, 2.24) is 15.0 Å². The Hall–Kier alpha value is -1.28. The first kappa shape index (κ1) is 14.1. The van der Waals surface area contributed by atoms with E-state index in [9.17, 15) is 13.6 Å². The second kappa shape index (κ2) is 5.38. The summed E-state index contributed by atoms with van der Waals surface area (Å²) < 4.78 is 26.3. The van der Waals surface area contributed by atoms with Gasteiger partial charge in [-0.1, -0.05) is 11.8 Å². The molecule has 2 aromatic rings. The molecular formula is C11H11F2N3OS2. The van der Waals surface area contributed by atoms with Crippen molar-refractivity contribution < 1.29 is 8.78 Å². The lowest BCUT2D eigenvalue weighted by atomic mass is 10.3. The largest absolute Gasteiger partial charge is 0.301 e. The Morgan fingerprint density at radius 1 is 1.53 bits per heavy atom. The van der Waals surface area contributed by atoms with Crippen LogP contribution in [0.3, 0.4) is 0 Å². The number of H-pyrrole nitrogens is 1. The van der Waals surface area contributed by atoms with E-state index in [1.54, 1.807) is 5.51 Å². The number of nitrogens with one attached hydrogen (secondary N) is 1. The van der Waals surface area contributed by atoms with Gasteiger partial charge in [0.1, 0.15) is 5.69 Å². The number of hydrogen-bond donors (Lipinski definition) is 1. The Morgan fingerprint density at radius 3 is 2.84 bits per heavy atom. The highest BCUT2D eigenvalue weighted by atomic mass is 32.2. The third-order valence-corrected chi connectivity index (χ3v) is 4.37. The number of aromatic nitrogens is 3. The fourth-order valence-corrected chi connectivity index (χ4v) is 3.15. The van der Waals surface area contributed by atoms with Gasteiger partial charge in [0.05, 0.1) is 11.2 Å². The van der Waals surface area contributed by atoms with E-state index >= 15 is 0 Å². The molecule has 102 valence electrons. The molecule has 2 aromatic heterocycles. The first-order valence-corrected chi connectivity index (χ1v) is 7.24. The molecule has 0 aliphatic heterocycles. The van der Waals surface area contributed by atoms with E-state index in [2.05, 4.69) is 15.0 Å². The molecule has 4 nitrogen and oxygen atoms in total. The Balaban J connectivity index is 2.19. The molecule has 0 radical (unpaired) electrons. The number of aryl methyl sites for hydroxylation is 1. The highest BCUT2D eigenvalue weighted by Crippen LogP contribution is 2.27. The summed E-state index contributed by atoms with van der Waals surface area (Å²) >= 11 is 2.69. The smallest absolute Gasteiger partial charge is 0.287 e. The van der Waals surface area contributed by atoms with Gasteiger partial charge in [0.25, 0.3) is 11.5 Å². The second-order valence-corrected chi connectivity index (χ2v) is 5.88. The molecule has 0 fully saturated rings. The number of rotatable bonds is 4. The minimum atomic E-state index is -3.12. The summed E-state index contributed by atoms with van der Waals surface area (Å²) in [6.45, 7) is 2.59. The highest BCUT2D eigenvalue weighted by Gasteiger charge is 2.27. The third kappa shape index (κ3) is 3.60. The standard InChI is InChI=1S/C11H11F2N3OS2/c1-6-7(19-5-14-6)4-18-10-15-8(11(2,12)13)3-9(17)16-10/h3,5H,4H2,1-2H3,(H,15,16,17). The van der Waals surface area contributed by atoms with Crippen LogP contribution in [0.25, 0.3) is 0 Å². The van der Waals surface area contributed by atoms with Crippen LogP contribution in [0.15, 0.2) is 21.5 Å². The van der Waals surface area contributed by atoms with Gasteiger partial charge in [0, 0.05) is 23.6 Å². The normalized spacial score (nSPS) is 11.8. The van der Waals surface area contributed by atoms with Crippen LogP contribution in [0.5, 0.6) is 0 Å². The topological polar surface area (TPSA) is 58.6 Å². The number of thioether (sulfide) groups is 1. The maximum absolute atomic E-state index is 13.2. The number of nitrogens with zero attached hydrogens (tertiary/aromatic N) is 2. The number of halogens is 2. The minimum absolute atomic E-state index is 0.192. The summed E-state index contributed by atoms with van der Waals surface area (Å²) in [7, 11) is 0. The fraction of sp³-hybridized carbons (Fsp3) is 0.364. The Kier molecular flexibility index (Phi) is 4.00. The van der Waals surface area contributed by atoms with Crippen molar-refractivity contribution in [2.45, 2.75) is 30.7 Å². The molecule has 0 bridgehead atoms. The summed E-state index contributed by atoms with van der Waals surface area (Å²) in [6.07, 6.45) is 0. The molecule has 0 aromatic carbocycles. The average Bonchev–Trinajstić information content (AvgIpc) is 2.70. The van der Waals surface area contributed by atoms with E-state index < -0.39 is 17.2 Å². The molecular weight excluding hydrogens is 292 g/mol. The average molecular weight is 303 g/mol. The summed E-state index contributed by atoms with van der Waals surface area (Å²) in [5.41, 5.74) is 1.53. The Labute approximate surface area is 116 Å². The first-order chi connectivity index (χ1) is 8.86. The second-order valence-electron chi connectivity index (χ2n) is 3.97. The van der Waals surface area contributed by atoms with E-state index in [0.717, 1.165) is 23.6 Å². The predicted octanol–water partition coefficient (Wildman–Crippen LogP) is 2.94. The summed E-state index contributed by atoms with van der Waals surface area (Å²) in [6, 6.07) is 0.821. The van der Waals surface area contributed by atoms with Crippen LogP contribution in [0.2, 0.25) is 0 Å². The minimum Gasteiger partial charge on any atom is -0.301 e. The highest BCUT2D eigenvalue weighted by molar-refractivity contribution is 7.98. The zero-order valence-electron chi connectivity index (χ0n) is 10.2. The number of hydrogen-bond acceptors (Lipinski definition) is 5. The van der Waals surface area contributed by atoms with Crippen LogP contribution < -0.4 is 5.56 Å². The van der Waals surface area contributed by atoms with Crippen LogP contribution >= 0.6 is 23.1 Å². The van der Waals surface area contributed by atoms with Crippen molar-refractivity contribution in [2.24, 2.45) is 0 Å². The molecule has 0 aliphatic rings. The van der Waals surface area contributed by atoms with Gasteiger partial charge >= 0.3 is 0 Å². The fourth-order valence-electron chi connectivity index (χ4n) is 1.33. The van der Waals surface area contributed by atoms with Crippen molar-refractivity contribution in [1.29, 1.82) is 0 Å². The number of alkyl halides is 2. The van der Waals surface area contributed by atoms with Crippen LogP contribution in [0.4, 0.5) is 8.78 Å². The molecule has 8 heteroatoms. The van der Waals surface area contributed by atoms with Crippen molar-refractivity contribution in [3.05, 3.63) is 38.2 Å². The van der Waals surface area contributed by atoms with Crippen molar-refractivity contribution in [2.75, 3.05) is 0 Å². The van der Waals surface area contributed by atoms with Crippen molar-refractivity contribution in [3.8, 4) is 0 Å². The van der Waals surface area contributed by atoms with E-state index in [-0.39, 0.29) is 5.16 Å². The first-order valence-electron chi connectivity index (χ1n) is 5.37. The van der Waals surface area contributed by atoms with Gasteiger partial charge in [-0.15, -0.1) is 11.3 Å².